The van der Waals surface area contributed by atoms with E-state index in [0.29, 0.717) is 17.5 Å². The van der Waals surface area contributed by atoms with Gasteiger partial charge in [0.25, 0.3) is 0 Å². The van der Waals surface area contributed by atoms with E-state index in [1.807, 2.05) is 32.0 Å². The van der Waals surface area contributed by atoms with Crippen LogP contribution in [0, 0.1) is 0 Å². The van der Waals surface area contributed by atoms with Crippen LogP contribution in [-0.2, 0) is 15.0 Å². The lowest BCUT2D eigenvalue weighted by Crippen LogP contribution is -2.30. The number of hydrogen-bond acceptors (Lipinski definition) is 4. The second-order valence-electron chi connectivity index (χ2n) is 9.08. The van der Waals surface area contributed by atoms with E-state index in [4.69, 9.17) is 4.99 Å². The number of fused-ring (bicyclic) bond motifs is 1. The van der Waals surface area contributed by atoms with Crippen LogP contribution in [0.25, 0.3) is 0 Å². The van der Waals surface area contributed by atoms with Crippen molar-refractivity contribution >= 4 is 23.3 Å². The Hall–Kier alpha value is -3.02. The van der Waals surface area contributed by atoms with Crippen LogP contribution < -0.4 is 0 Å². The van der Waals surface area contributed by atoms with Gasteiger partial charge in [0, 0.05) is 17.8 Å². The van der Waals surface area contributed by atoms with Gasteiger partial charge in [-0.15, -0.1) is 0 Å². The van der Waals surface area contributed by atoms with Gasteiger partial charge < -0.3 is 10.2 Å². The van der Waals surface area contributed by atoms with Gasteiger partial charge >= 0.3 is 11.9 Å². The van der Waals surface area contributed by atoms with Crippen molar-refractivity contribution in [1.29, 1.82) is 0 Å². The Bertz CT molecular complexity index is 1030. The third-order valence-electron chi connectivity index (χ3n) is 6.49. The van der Waals surface area contributed by atoms with Gasteiger partial charge in [-0.2, -0.15) is 0 Å². The van der Waals surface area contributed by atoms with Crippen molar-refractivity contribution in [2.75, 3.05) is 0 Å². The summed E-state index contributed by atoms with van der Waals surface area (Å²) in [4.78, 5) is 33.4. The van der Waals surface area contributed by atoms with Crippen molar-refractivity contribution in [3.63, 3.8) is 0 Å². The smallest absolute Gasteiger partial charge is 0.310 e. The Morgan fingerprint density at radius 1 is 1.00 bits per heavy atom. The standard InChI is InChI=1S/C26H32N2O4/c1-5-6-7-8-9-19(25(31)32)21-18(16(2)24(29)30)10-11-20-22(21)26(3,4)23(28-20)17-12-14-27-15-13-17/h10-16,19H,5-9H2,1-4H3,(H,29,30)(H,31,32). The summed E-state index contributed by atoms with van der Waals surface area (Å²) < 4.78 is 0. The van der Waals surface area contributed by atoms with Gasteiger partial charge in [0.05, 0.1) is 23.2 Å². The molecule has 2 N–H and O–H groups in total. The first-order valence-electron chi connectivity index (χ1n) is 11.3. The van der Waals surface area contributed by atoms with Gasteiger partial charge in [-0.05, 0) is 53.8 Å². The molecule has 0 saturated heterocycles. The summed E-state index contributed by atoms with van der Waals surface area (Å²) in [6, 6.07) is 7.38. The van der Waals surface area contributed by atoms with E-state index in [9.17, 15) is 19.8 Å². The topological polar surface area (TPSA) is 99.8 Å². The van der Waals surface area contributed by atoms with Gasteiger partial charge in [-0.25, -0.2) is 0 Å². The quantitative estimate of drug-likeness (QED) is 0.457. The highest BCUT2D eigenvalue weighted by molar-refractivity contribution is 6.12. The second kappa shape index (κ2) is 9.63. The lowest BCUT2D eigenvalue weighted by molar-refractivity contribution is -0.140. The van der Waals surface area contributed by atoms with Gasteiger partial charge in [-0.3, -0.25) is 19.6 Å². The summed E-state index contributed by atoms with van der Waals surface area (Å²) in [6.07, 6.45) is 7.77. The lowest BCUT2D eigenvalue weighted by atomic mass is 9.71. The Balaban J connectivity index is 2.18. The Kier molecular flexibility index (Phi) is 7.12. The summed E-state index contributed by atoms with van der Waals surface area (Å²) >= 11 is 0. The molecule has 2 heterocycles. The highest BCUT2D eigenvalue weighted by atomic mass is 16.4. The molecular formula is C26H32N2O4. The Morgan fingerprint density at radius 2 is 1.69 bits per heavy atom. The minimum atomic E-state index is -0.965. The molecule has 0 aliphatic carbocycles. The van der Waals surface area contributed by atoms with Gasteiger partial charge in [0.15, 0.2) is 0 Å². The fraction of sp³-hybridized carbons (Fsp3) is 0.462. The highest BCUT2D eigenvalue weighted by Gasteiger charge is 2.42. The summed E-state index contributed by atoms with van der Waals surface area (Å²) in [5.74, 6) is -3.47. The highest BCUT2D eigenvalue weighted by Crippen LogP contribution is 2.49. The third-order valence-corrected chi connectivity index (χ3v) is 6.49. The van der Waals surface area contributed by atoms with Gasteiger partial charge in [0.1, 0.15) is 0 Å². The molecule has 32 heavy (non-hydrogen) atoms. The predicted molar refractivity (Wildman–Crippen MR) is 125 cm³/mol. The Morgan fingerprint density at radius 3 is 2.28 bits per heavy atom. The molecule has 0 fully saturated rings. The molecule has 1 aliphatic rings. The number of aliphatic carboxylic acids is 2. The average molecular weight is 437 g/mol. The molecule has 0 saturated carbocycles. The molecule has 3 rings (SSSR count). The number of pyridine rings is 1. The van der Waals surface area contributed by atoms with Crippen LogP contribution in [0.4, 0.5) is 5.69 Å². The van der Waals surface area contributed by atoms with Crippen LogP contribution in [0.15, 0.2) is 41.7 Å². The first-order chi connectivity index (χ1) is 15.2. The molecule has 0 amide bonds. The number of aromatic nitrogens is 1. The normalized spacial score (nSPS) is 16.2. The fourth-order valence-corrected chi connectivity index (χ4v) is 4.74. The summed E-state index contributed by atoms with van der Waals surface area (Å²) in [5.41, 5.74) is 3.94. The molecule has 1 aliphatic heterocycles. The molecule has 0 radical (unpaired) electrons. The van der Waals surface area contributed by atoms with Crippen molar-refractivity contribution in [3.05, 3.63) is 58.9 Å². The predicted octanol–water partition coefficient (Wildman–Crippen LogP) is 5.82. The minimum absolute atomic E-state index is 0.478. The van der Waals surface area contributed by atoms with Crippen LogP contribution in [0.2, 0.25) is 0 Å². The van der Waals surface area contributed by atoms with Gasteiger partial charge in [0.2, 0.25) is 0 Å². The minimum Gasteiger partial charge on any atom is -0.481 e. The molecule has 6 nitrogen and oxygen atoms in total. The molecule has 1 aromatic carbocycles. The summed E-state index contributed by atoms with van der Waals surface area (Å²) in [6.45, 7) is 7.81. The number of benzene rings is 1. The van der Waals surface area contributed by atoms with E-state index in [2.05, 4.69) is 11.9 Å². The molecular weight excluding hydrogens is 404 g/mol. The van der Waals surface area contributed by atoms with Gasteiger partial charge in [-0.1, -0.05) is 52.5 Å². The number of carboxylic acid groups (broad SMARTS) is 2. The van der Waals surface area contributed by atoms with Crippen LogP contribution in [-0.4, -0.2) is 32.8 Å². The zero-order chi connectivity index (χ0) is 23.5. The lowest BCUT2D eigenvalue weighted by Gasteiger charge is -2.30. The van der Waals surface area contributed by atoms with Crippen LogP contribution in [0.5, 0.6) is 0 Å². The van der Waals surface area contributed by atoms with Crippen molar-refractivity contribution < 1.29 is 19.8 Å². The summed E-state index contributed by atoms with van der Waals surface area (Å²) in [5, 5.41) is 20.0. The molecule has 2 atom stereocenters. The molecule has 1 aromatic heterocycles. The molecule has 2 aromatic rings. The number of hydrogen-bond donors (Lipinski definition) is 2. The zero-order valence-corrected chi connectivity index (χ0v) is 19.3. The number of rotatable bonds is 10. The number of aliphatic imine (C=N–C) groups is 1. The molecule has 6 heteroatoms. The van der Waals surface area contributed by atoms with E-state index in [1.54, 1.807) is 25.4 Å². The van der Waals surface area contributed by atoms with Crippen molar-refractivity contribution in [3.8, 4) is 0 Å². The van der Waals surface area contributed by atoms with E-state index < -0.39 is 29.2 Å². The van der Waals surface area contributed by atoms with Crippen LogP contribution >= 0.6 is 0 Å². The first kappa shape index (κ1) is 23.6. The Labute approximate surface area is 189 Å². The molecule has 0 bridgehead atoms. The molecule has 0 spiro atoms. The largest absolute Gasteiger partial charge is 0.481 e. The van der Waals surface area contributed by atoms with Crippen molar-refractivity contribution in [2.45, 2.75) is 77.0 Å². The number of carboxylic acids is 2. The van der Waals surface area contributed by atoms with Crippen molar-refractivity contribution in [1.82, 2.24) is 4.98 Å². The monoisotopic (exact) mass is 436 g/mol. The maximum atomic E-state index is 12.5. The fourth-order valence-electron chi connectivity index (χ4n) is 4.74. The maximum Gasteiger partial charge on any atom is 0.310 e. The molecule has 170 valence electrons. The maximum absolute atomic E-state index is 12.5. The van der Waals surface area contributed by atoms with Crippen LogP contribution in [0.1, 0.15) is 93.9 Å². The van der Waals surface area contributed by atoms with E-state index in [0.717, 1.165) is 48.2 Å². The number of unbranched alkanes of at least 4 members (excludes halogenated alkanes) is 3. The zero-order valence-electron chi connectivity index (χ0n) is 19.3. The summed E-state index contributed by atoms with van der Waals surface area (Å²) in [7, 11) is 0. The number of nitrogens with zero attached hydrogens (tertiary/aromatic N) is 2. The third kappa shape index (κ3) is 4.45. The first-order valence-corrected chi connectivity index (χ1v) is 11.3. The van der Waals surface area contributed by atoms with Crippen LogP contribution in [0.3, 0.4) is 0 Å². The average Bonchev–Trinajstić information content (AvgIpc) is 3.04. The molecule has 2 unspecified atom stereocenters. The van der Waals surface area contributed by atoms with E-state index in [-0.39, 0.29) is 0 Å². The number of carbonyl (C=O) groups is 2. The van der Waals surface area contributed by atoms with E-state index >= 15 is 0 Å². The SMILES string of the molecule is CCCCCCC(C(=O)O)c1c(C(C)C(=O)O)ccc2c1C(C)(C)C(c1ccncc1)=N2. The van der Waals surface area contributed by atoms with E-state index in [1.165, 1.54) is 0 Å². The second-order valence-corrected chi connectivity index (χ2v) is 9.08. The van der Waals surface area contributed by atoms with Crippen molar-refractivity contribution in [2.24, 2.45) is 4.99 Å².